The van der Waals surface area contributed by atoms with E-state index in [9.17, 15) is 0 Å². The van der Waals surface area contributed by atoms with Crippen molar-refractivity contribution in [3.63, 3.8) is 0 Å². The smallest absolute Gasteiger partial charge is 0.281 e. The van der Waals surface area contributed by atoms with Crippen LogP contribution >= 0.6 is 11.8 Å². The van der Waals surface area contributed by atoms with E-state index in [1.807, 2.05) is 6.07 Å². The van der Waals surface area contributed by atoms with Crippen molar-refractivity contribution in [3.05, 3.63) is 29.9 Å². The molecule has 0 aliphatic heterocycles. The summed E-state index contributed by atoms with van der Waals surface area (Å²) in [6.45, 7) is 1.73. The minimum absolute atomic E-state index is 0.390. The van der Waals surface area contributed by atoms with Gasteiger partial charge in [-0.05, 0) is 23.9 Å². The van der Waals surface area contributed by atoms with E-state index in [2.05, 4.69) is 15.2 Å². The van der Waals surface area contributed by atoms with Gasteiger partial charge in [0, 0.05) is 18.0 Å². The zero-order valence-corrected chi connectivity index (χ0v) is 8.65. The maximum Gasteiger partial charge on any atom is 0.281 e. The minimum atomic E-state index is 0.390. The fourth-order valence-corrected chi connectivity index (χ4v) is 1.61. The van der Waals surface area contributed by atoms with E-state index in [-0.39, 0.29) is 0 Å². The molecule has 74 valence electrons. The lowest BCUT2D eigenvalue weighted by Gasteiger charge is -1.94. The standard InChI is InChI=1S/C9H6N4OS/c1-6-12-13-9(14-6)15-8-3-2-7(4-10)11-5-8/h2-3,5H,1H3. The summed E-state index contributed by atoms with van der Waals surface area (Å²) < 4.78 is 5.19. The monoisotopic (exact) mass is 218 g/mol. The summed E-state index contributed by atoms with van der Waals surface area (Å²) in [5.41, 5.74) is 0.390. The number of nitrogens with zero attached hydrogens (tertiary/aromatic N) is 4. The fraction of sp³-hybridized carbons (Fsp3) is 0.111. The molecule has 0 aromatic carbocycles. The van der Waals surface area contributed by atoms with Crippen molar-refractivity contribution in [2.24, 2.45) is 0 Å². The maximum atomic E-state index is 8.56. The second-order valence-electron chi connectivity index (χ2n) is 2.68. The Hall–Kier alpha value is -1.87. The highest BCUT2D eigenvalue weighted by atomic mass is 32.2. The highest BCUT2D eigenvalue weighted by Crippen LogP contribution is 2.25. The van der Waals surface area contributed by atoms with Crippen LogP contribution in [0.25, 0.3) is 0 Å². The van der Waals surface area contributed by atoms with E-state index in [0.717, 1.165) is 4.90 Å². The molecule has 2 aromatic heterocycles. The summed E-state index contributed by atoms with van der Waals surface area (Å²) in [6.07, 6.45) is 1.60. The zero-order chi connectivity index (χ0) is 10.7. The molecule has 0 unspecified atom stereocenters. The second kappa shape index (κ2) is 4.11. The predicted octanol–water partition coefficient (Wildman–Crippen LogP) is 1.80. The second-order valence-corrected chi connectivity index (χ2v) is 3.70. The molecule has 2 rings (SSSR count). The van der Waals surface area contributed by atoms with Crippen LogP contribution < -0.4 is 0 Å². The summed E-state index contributed by atoms with van der Waals surface area (Å²) in [7, 11) is 0. The van der Waals surface area contributed by atoms with Crippen molar-refractivity contribution < 1.29 is 4.42 Å². The third-order valence-corrected chi connectivity index (χ3v) is 2.38. The summed E-state index contributed by atoms with van der Waals surface area (Å²) in [5.74, 6) is 0.527. The van der Waals surface area contributed by atoms with Gasteiger partial charge in [0.15, 0.2) is 0 Å². The Morgan fingerprint density at radius 1 is 1.40 bits per heavy atom. The van der Waals surface area contributed by atoms with Gasteiger partial charge in [-0.25, -0.2) is 4.98 Å². The number of aromatic nitrogens is 3. The van der Waals surface area contributed by atoms with E-state index in [0.29, 0.717) is 16.8 Å². The predicted molar refractivity (Wildman–Crippen MR) is 52.1 cm³/mol. The van der Waals surface area contributed by atoms with Crippen molar-refractivity contribution in [1.29, 1.82) is 5.26 Å². The molecule has 5 nitrogen and oxygen atoms in total. The van der Waals surface area contributed by atoms with Crippen molar-refractivity contribution in [3.8, 4) is 6.07 Å². The van der Waals surface area contributed by atoms with Crippen LogP contribution in [0, 0.1) is 18.3 Å². The molecular formula is C9H6N4OS. The first-order valence-corrected chi connectivity index (χ1v) is 4.93. The van der Waals surface area contributed by atoms with Crippen LogP contribution in [0.15, 0.2) is 32.9 Å². The summed E-state index contributed by atoms with van der Waals surface area (Å²) >= 11 is 1.32. The third kappa shape index (κ3) is 2.33. The zero-order valence-electron chi connectivity index (χ0n) is 7.84. The molecular weight excluding hydrogens is 212 g/mol. The molecule has 0 saturated carbocycles. The Bertz CT molecular complexity index is 500. The molecule has 0 spiro atoms. The number of hydrogen-bond acceptors (Lipinski definition) is 6. The third-order valence-electron chi connectivity index (χ3n) is 1.56. The van der Waals surface area contributed by atoms with Gasteiger partial charge in [-0.15, -0.1) is 10.2 Å². The van der Waals surface area contributed by atoms with E-state index in [1.54, 1.807) is 25.3 Å². The van der Waals surface area contributed by atoms with Crippen LogP contribution in [-0.4, -0.2) is 15.2 Å². The van der Waals surface area contributed by atoms with Crippen molar-refractivity contribution in [2.75, 3.05) is 0 Å². The van der Waals surface area contributed by atoms with Gasteiger partial charge < -0.3 is 4.42 Å². The first kappa shape index (κ1) is 9.68. The normalized spacial score (nSPS) is 9.87. The Balaban J connectivity index is 2.15. The number of pyridine rings is 1. The van der Waals surface area contributed by atoms with Crippen molar-refractivity contribution in [2.45, 2.75) is 17.0 Å². The Labute approximate surface area is 90.2 Å². The lowest BCUT2D eigenvalue weighted by atomic mass is 10.4. The largest absolute Gasteiger partial charge is 0.416 e. The molecule has 2 heterocycles. The average Bonchev–Trinajstić information content (AvgIpc) is 2.65. The molecule has 0 N–H and O–H groups in total. The maximum absolute atomic E-state index is 8.56. The van der Waals surface area contributed by atoms with E-state index in [4.69, 9.17) is 9.68 Å². The van der Waals surface area contributed by atoms with Crippen molar-refractivity contribution >= 4 is 11.8 Å². The van der Waals surface area contributed by atoms with Crippen LogP contribution in [-0.2, 0) is 0 Å². The number of aryl methyl sites for hydroxylation is 1. The summed E-state index contributed by atoms with van der Waals surface area (Å²) in [6, 6.07) is 5.38. The van der Waals surface area contributed by atoms with Gasteiger partial charge in [-0.2, -0.15) is 5.26 Å². The first-order chi connectivity index (χ1) is 7.28. The fourth-order valence-electron chi connectivity index (χ4n) is 0.927. The molecule has 0 aliphatic carbocycles. The van der Waals surface area contributed by atoms with E-state index >= 15 is 0 Å². The van der Waals surface area contributed by atoms with Gasteiger partial charge in [0.25, 0.3) is 5.22 Å². The van der Waals surface area contributed by atoms with Crippen LogP contribution in [0.1, 0.15) is 11.6 Å². The van der Waals surface area contributed by atoms with Gasteiger partial charge >= 0.3 is 0 Å². The molecule has 0 fully saturated rings. The SMILES string of the molecule is Cc1nnc(Sc2ccc(C#N)nc2)o1. The van der Waals surface area contributed by atoms with Gasteiger partial charge in [0.05, 0.1) is 0 Å². The van der Waals surface area contributed by atoms with Crippen molar-refractivity contribution in [1.82, 2.24) is 15.2 Å². The van der Waals surface area contributed by atoms with Gasteiger partial charge in [0.2, 0.25) is 5.89 Å². The summed E-state index contributed by atoms with van der Waals surface area (Å²) in [5, 5.41) is 16.6. The Morgan fingerprint density at radius 3 is 2.80 bits per heavy atom. The quantitative estimate of drug-likeness (QED) is 0.765. The van der Waals surface area contributed by atoms with Crippen LogP contribution in [0.4, 0.5) is 0 Å². The molecule has 0 bridgehead atoms. The molecule has 6 heteroatoms. The van der Waals surface area contributed by atoms with Crippen LogP contribution in [0.2, 0.25) is 0 Å². The Kier molecular flexibility index (Phi) is 2.65. The molecule has 2 aromatic rings. The lowest BCUT2D eigenvalue weighted by molar-refractivity contribution is 0.429. The molecule has 0 saturated heterocycles. The number of nitriles is 1. The molecule has 0 atom stereocenters. The van der Waals surface area contributed by atoms with Crippen LogP contribution in [0.3, 0.4) is 0 Å². The topological polar surface area (TPSA) is 75.6 Å². The van der Waals surface area contributed by atoms with Gasteiger partial charge in [-0.3, -0.25) is 0 Å². The Morgan fingerprint density at radius 2 is 2.27 bits per heavy atom. The molecule has 0 amide bonds. The minimum Gasteiger partial charge on any atom is -0.416 e. The van der Waals surface area contributed by atoms with E-state index < -0.39 is 0 Å². The van der Waals surface area contributed by atoms with Crippen LogP contribution in [0.5, 0.6) is 0 Å². The summed E-state index contributed by atoms with van der Waals surface area (Å²) in [4.78, 5) is 4.79. The average molecular weight is 218 g/mol. The lowest BCUT2D eigenvalue weighted by Crippen LogP contribution is -1.81. The highest BCUT2D eigenvalue weighted by Gasteiger charge is 2.04. The van der Waals surface area contributed by atoms with Gasteiger partial charge in [0.1, 0.15) is 11.8 Å². The highest BCUT2D eigenvalue weighted by molar-refractivity contribution is 7.99. The number of hydrogen-bond donors (Lipinski definition) is 0. The molecule has 15 heavy (non-hydrogen) atoms. The molecule has 0 aliphatic rings. The first-order valence-electron chi connectivity index (χ1n) is 4.12. The van der Waals surface area contributed by atoms with Gasteiger partial charge in [-0.1, -0.05) is 0 Å². The number of rotatable bonds is 2. The van der Waals surface area contributed by atoms with E-state index in [1.165, 1.54) is 11.8 Å². The molecule has 0 radical (unpaired) electrons.